The Morgan fingerprint density at radius 1 is 1.08 bits per heavy atom. The number of nitrogens with one attached hydrogen (secondary N) is 1. The first-order valence-corrected chi connectivity index (χ1v) is 8.28. The van der Waals surface area contributed by atoms with Crippen molar-refractivity contribution in [2.75, 3.05) is 11.9 Å². The number of anilines is 1. The third-order valence-corrected chi connectivity index (χ3v) is 4.32. The van der Waals surface area contributed by atoms with Crippen molar-refractivity contribution in [3.63, 3.8) is 0 Å². The summed E-state index contributed by atoms with van der Waals surface area (Å²) in [7, 11) is 0. The maximum atomic E-state index is 6.35. The number of halogens is 2. The van der Waals surface area contributed by atoms with E-state index in [1.165, 1.54) is 0 Å². The third kappa shape index (κ3) is 2.37. The van der Waals surface area contributed by atoms with E-state index in [0.29, 0.717) is 34.0 Å². The Balaban J connectivity index is 2.11. The van der Waals surface area contributed by atoms with E-state index in [4.69, 9.17) is 23.2 Å². The van der Waals surface area contributed by atoms with Crippen molar-refractivity contribution in [3.05, 3.63) is 52.5 Å². The third-order valence-electron chi connectivity index (χ3n) is 3.75. The Morgan fingerprint density at radius 3 is 2.71 bits per heavy atom. The molecular formula is C17H13Cl2N5. The highest BCUT2D eigenvalue weighted by Gasteiger charge is 2.17. The molecule has 0 amide bonds. The summed E-state index contributed by atoms with van der Waals surface area (Å²) < 4.78 is 1.89. The molecule has 2 aromatic carbocycles. The number of benzene rings is 2. The molecule has 5 nitrogen and oxygen atoms in total. The monoisotopic (exact) mass is 357 g/mol. The maximum absolute atomic E-state index is 6.35. The minimum Gasteiger partial charge on any atom is -0.356 e. The highest BCUT2D eigenvalue weighted by Crippen LogP contribution is 2.31. The van der Waals surface area contributed by atoms with Crippen LogP contribution >= 0.6 is 23.2 Å². The maximum Gasteiger partial charge on any atom is 0.211 e. The summed E-state index contributed by atoms with van der Waals surface area (Å²) in [5, 5.41) is 14.1. The van der Waals surface area contributed by atoms with Crippen LogP contribution in [0.4, 0.5) is 5.95 Å². The number of nitrogens with zero attached hydrogens (tertiary/aromatic N) is 4. The van der Waals surface area contributed by atoms with Gasteiger partial charge in [-0.25, -0.2) is 9.38 Å². The molecule has 0 radical (unpaired) electrons. The lowest BCUT2D eigenvalue weighted by Gasteiger charge is -2.10. The fraction of sp³-hybridized carbons (Fsp3) is 0.118. The topological polar surface area (TPSA) is 55.1 Å². The second-order valence-electron chi connectivity index (χ2n) is 5.29. The minimum absolute atomic E-state index is 0.616. The van der Waals surface area contributed by atoms with Gasteiger partial charge in [0.05, 0.1) is 10.5 Å². The van der Waals surface area contributed by atoms with Gasteiger partial charge in [-0.3, -0.25) is 0 Å². The molecule has 0 atom stereocenters. The molecule has 0 aliphatic carbocycles. The molecule has 0 saturated heterocycles. The van der Waals surface area contributed by atoms with Gasteiger partial charge >= 0.3 is 0 Å². The lowest BCUT2D eigenvalue weighted by atomic mass is 10.2. The lowest BCUT2D eigenvalue weighted by molar-refractivity contribution is 1.05. The molecular weight excluding hydrogens is 345 g/mol. The Bertz CT molecular complexity index is 1060. The normalized spacial score (nSPS) is 11.3. The predicted molar refractivity (Wildman–Crippen MR) is 97.9 cm³/mol. The van der Waals surface area contributed by atoms with Crippen LogP contribution in [0.15, 0.2) is 42.5 Å². The van der Waals surface area contributed by atoms with Gasteiger partial charge in [-0.15, -0.1) is 10.2 Å². The summed E-state index contributed by atoms with van der Waals surface area (Å²) >= 11 is 12.4. The highest BCUT2D eigenvalue weighted by atomic mass is 35.5. The van der Waals surface area contributed by atoms with Crippen LogP contribution in [0.25, 0.3) is 27.9 Å². The summed E-state index contributed by atoms with van der Waals surface area (Å²) in [6.07, 6.45) is 0. The molecule has 2 heterocycles. The van der Waals surface area contributed by atoms with E-state index in [0.717, 1.165) is 16.5 Å². The molecule has 7 heteroatoms. The van der Waals surface area contributed by atoms with E-state index >= 15 is 0 Å². The zero-order valence-electron chi connectivity index (χ0n) is 12.8. The summed E-state index contributed by atoms with van der Waals surface area (Å²) in [5.74, 6) is 1.30. The largest absolute Gasteiger partial charge is 0.356 e. The van der Waals surface area contributed by atoms with Crippen LogP contribution in [0.2, 0.25) is 10.0 Å². The molecule has 1 N–H and O–H groups in total. The predicted octanol–water partition coefficient (Wildman–Crippen LogP) is 4.68. The zero-order valence-corrected chi connectivity index (χ0v) is 14.3. The molecule has 120 valence electrons. The van der Waals surface area contributed by atoms with E-state index in [1.54, 1.807) is 0 Å². The van der Waals surface area contributed by atoms with Gasteiger partial charge in [-0.1, -0.05) is 35.3 Å². The van der Waals surface area contributed by atoms with Crippen LogP contribution in [-0.4, -0.2) is 26.1 Å². The average molecular weight is 358 g/mol. The second kappa shape index (κ2) is 5.92. The molecule has 0 aliphatic rings. The van der Waals surface area contributed by atoms with E-state index in [-0.39, 0.29) is 0 Å². The highest BCUT2D eigenvalue weighted by molar-refractivity contribution is 6.33. The van der Waals surface area contributed by atoms with Gasteiger partial charge in [0.25, 0.3) is 0 Å². The van der Waals surface area contributed by atoms with Crippen molar-refractivity contribution in [1.82, 2.24) is 19.6 Å². The molecule has 4 rings (SSSR count). The Morgan fingerprint density at radius 2 is 1.92 bits per heavy atom. The van der Waals surface area contributed by atoms with E-state index in [1.807, 2.05) is 53.8 Å². The van der Waals surface area contributed by atoms with Gasteiger partial charge in [0.1, 0.15) is 0 Å². The molecule has 0 fully saturated rings. The zero-order chi connectivity index (χ0) is 16.7. The molecule has 0 saturated carbocycles. The van der Waals surface area contributed by atoms with Crippen molar-refractivity contribution < 1.29 is 0 Å². The number of rotatable bonds is 3. The van der Waals surface area contributed by atoms with E-state index < -0.39 is 0 Å². The van der Waals surface area contributed by atoms with Crippen molar-refractivity contribution in [1.29, 1.82) is 0 Å². The first kappa shape index (κ1) is 15.2. The van der Waals surface area contributed by atoms with Gasteiger partial charge in [0.2, 0.25) is 5.95 Å². The molecule has 24 heavy (non-hydrogen) atoms. The van der Waals surface area contributed by atoms with Crippen LogP contribution in [0.5, 0.6) is 0 Å². The fourth-order valence-electron chi connectivity index (χ4n) is 2.70. The van der Waals surface area contributed by atoms with Crippen LogP contribution in [-0.2, 0) is 0 Å². The van der Waals surface area contributed by atoms with E-state index in [9.17, 15) is 0 Å². The lowest BCUT2D eigenvalue weighted by Crippen LogP contribution is -2.07. The van der Waals surface area contributed by atoms with Gasteiger partial charge < -0.3 is 5.32 Å². The van der Waals surface area contributed by atoms with Crippen LogP contribution in [0.3, 0.4) is 0 Å². The Labute approximate surface area is 148 Å². The van der Waals surface area contributed by atoms with Gasteiger partial charge in [-0.05, 0) is 37.3 Å². The van der Waals surface area contributed by atoms with E-state index in [2.05, 4.69) is 20.5 Å². The van der Waals surface area contributed by atoms with Crippen LogP contribution < -0.4 is 5.32 Å². The molecule has 0 aliphatic heterocycles. The minimum atomic E-state index is 0.616. The second-order valence-corrected chi connectivity index (χ2v) is 6.13. The fourth-order valence-corrected chi connectivity index (χ4v) is 3.09. The van der Waals surface area contributed by atoms with Gasteiger partial charge in [0, 0.05) is 22.5 Å². The quantitative estimate of drug-likeness (QED) is 0.578. The van der Waals surface area contributed by atoms with Crippen molar-refractivity contribution >= 4 is 45.7 Å². The molecule has 0 spiro atoms. The summed E-state index contributed by atoms with van der Waals surface area (Å²) in [5.41, 5.74) is 2.28. The van der Waals surface area contributed by atoms with Crippen LogP contribution in [0, 0.1) is 0 Å². The molecule has 2 aromatic heterocycles. The van der Waals surface area contributed by atoms with Gasteiger partial charge in [-0.2, -0.15) is 0 Å². The number of hydrogen-bond donors (Lipinski definition) is 1. The number of hydrogen-bond acceptors (Lipinski definition) is 4. The van der Waals surface area contributed by atoms with Crippen molar-refractivity contribution in [2.24, 2.45) is 0 Å². The van der Waals surface area contributed by atoms with Crippen LogP contribution in [0.1, 0.15) is 6.92 Å². The van der Waals surface area contributed by atoms with Crippen molar-refractivity contribution in [3.8, 4) is 11.4 Å². The average Bonchev–Trinajstić information content (AvgIpc) is 3.00. The SMILES string of the molecule is CCNc1nc2cc(Cl)ccc2c2nnc(-c3ccccc3Cl)n12. The van der Waals surface area contributed by atoms with Crippen molar-refractivity contribution in [2.45, 2.75) is 6.92 Å². The Hall–Kier alpha value is -2.37. The molecule has 0 unspecified atom stereocenters. The first-order valence-electron chi connectivity index (χ1n) is 7.52. The van der Waals surface area contributed by atoms with Gasteiger partial charge in [0.15, 0.2) is 11.5 Å². The summed E-state index contributed by atoms with van der Waals surface area (Å²) in [4.78, 5) is 4.69. The molecule has 4 aromatic rings. The Kier molecular flexibility index (Phi) is 3.75. The smallest absolute Gasteiger partial charge is 0.211 e. The standard InChI is InChI=1S/C17H13Cl2N5/c1-2-20-17-21-14-9-10(18)7-8-12(14)16-23-22-15(24(16)17)11-5-3-4-6-13(11)19/h3-9H,2H2,1H3,(H,20,21). The first-order chi connectivity index (χ1) is 11.7. The number of fused-ring (bicyclic) bond motifs is 3. The molecule has 0 bridgehead atoms. The summed E-state index contributed by atoms with van der Waals surface area (Å²) in [6, 6.07) is 13.1. The summed E-state index contributed by atoms with van der Waals surface area (Å²) in [6.45, 7) is 2.73. The number of aromatic nitrogens is 4.